The third kappa shape index (κ3) is 5.38. The van der Waals surface area contributed by atoms with Gasteiger partial charge in [0.2, 0.25) is 0 Å². The van der Waals surface area contributed by atoms with Gasteiger partial charge in [-0.1, -0.05) is 6.42 Å². The Morgan fingerprint density at radius 2 is 2.03 bits per heavy atom. The van der Waals surface area contributed by atoms with Crippen LogP contribution in [-0.2, 0) is 29.3 Å². The number of alkyl halides is 3. The highest BCUT2D eigenvalue weighted by Crippen LogP contribution is 2.34. The third-order valence-corrected chi connectivity index (χ3v) is 6.20. The molecule has 1 aliphatic heterocycles. The lowest BCUT2D eigenvalue weighted by molar-refractivity contribution is -0.192. The van der Waals surface area contributed by atoms with E-state index in [9.17, 15) is 13.2 Å². The first kappa shape index (κ1) is 22.7. The van der Waals surface area contributed by atoms with Crippen molar-refractivity contribution in [1.29, 1.82) is 0 Å². The molecule has 0 amide bonds. The molecule has 11 heteroatoms. The van der Waals surface area contributed by atoms with Crippen molar-refractivity contribution in [2.24, 2.45) is 0 Å². The molecule has 166 valence electrons. The maximum atomic E-state index is 10.6. The summed E-state index contributed by atoms with van der Waals surface area (Å²) in [5.41, 5.74) is 2.21. The molecule has 0 radical (unpaired) electrons. The van der Waals surface area contributed by atoms with Crippen molar-refractivity contribution in [3.63, 3.8) is 0 Å². The van der Waals surface area contributed by atoms with Gasteiger partial charge in [-0.05, 0) is 26.7 Å². The van der Waals surface area contributed by atoms with E-state index in [1.807, 2.05) is 13.1 Å². The van der Waals surface area contributed by atoms with E-state index in [-0.39, 0.29) is 0 Å². The van der Waals surface area contributed by atoms with Crippen LogP contribution in [-0.4, -0.2) is 49.3 Å². The number of carboxylic acid groups (broad SMARTS) is 1. The Morgan fingerprint density at radius 1 is 1.33 bits per heavy atom. The van der Waals surface area contributed by atoms with Crippen molar-refractivity contribution in [1.82, 2.24) is 19.4 Å². The molecule has 1 atom stereocenters. The lowest BCUT2D eigenvalue weighted by Crippen LogP contribution is -2.46. The summed E-state index contributed by atoms with van der Waals surface area (Å²) in [5.74, 6) is -1.56. The van der Waals surface area contributed by atoms with Crippen LogP contribution in [0.1, 0.15) is 54.4 Å². The number of aromatic nitrogens is 3. The number of imidazole rings is 1. The highest BCUT2D eigenvalue weighted by molar-refractivity contribution is 7.09. The minimum atomic E-state index is -5.08. The number of hydrogen-bond donors (Lipinski definition) is 1. The molecular formula is C19H25F3N4O3S. The number of carbonyl (C=O) groups is 1. The van der Waals surface area contributed by atoms with E-state index in [1.165, 1.54) is 30.8 Å². The van der Waals surface area contributed by atoms with Crippen LogP contribution in [0.4, 0.5) is 13.2 Å². The SMILES string of the molecule is Cc1nc(COCc2cnc3n2CCN(C2CCC2)C3C)cs1.O=C(O)C(F)(F)F. The van der Waals surface area contributed by atoms with Crippen LogP contribution in [0, 0.1) is 6.92 Å². The molecule has 2 aliphatic rings. The van der Waals surface area contributed by atoms with Gasteiger partial charge in [-0.25, -0.2) is 14.8 Å². The molecule has 1 N–H and O–H groups in total. The smallest absolute Gasteiger partial charge is 0.475 e. The quantitative estimate of drug-likeness (QED) is 0.750. The first-order valence-electron chi connectivity index (χ1n) is 9.75. The highest BCUT2D eigenvalue weighted by Gasteiger charge is 2.38. The minimum absolute atomic E-state index is 0.420. The molecule has 0 spiro atoms. The summed E-state index contributed by atoms with van der Waals surface area (Å²) in [5, 5.41) is 10.3. The molecule has 1 aliphatic carbocycles. The summed E-state index contributed by atoms with van der Waals surface area (Å²) in [4.78, 5) is 20.7. The van der Waals surface area contributed by atoms with Crippen LogP contribution in [0.3, 0.4) is 0 Å². The average Bonchev–Trinajstić information content (AvgIpc) is 3.22. The Morgan fingerprint density at radius 3 is 2.57 bits per heavy atom. The Kier molecular flexibility index (Phi) is 7.14. The molecule has 0 saturated heterocycles. The second-order valence-corrected chi connectivity index (χ2v) is 8.47. The lowest BCUT2D eigenvalue weighted by atomic mass is 9.90. The summed E-state index contributed by atoms with van der Waals surface area (Å²) >= 11 is 1.67. The third-order valence-electron chi connectivity index (χ3n) is 5.37. The molecule has 1 saturated carbocycles. The summed E-state index contributed by atoms with van der Waals surface area (Å²) in [6.45, 7) is 7.67. The normalized spacial score (nSPS) is 19.6. The zero-order valence-corrected chi connectivity index (χ0v) is 17.7. The first-order chi connectivity index (χ1) is 14.2. The molecular weight excluding hydrogens is 421 g/mol. The molecule has 3 heterocycles. The van der Waals surface area contributed by atoms with Gasteiger partial charge < -0.3 is 14.4 Å². The van der Waals surface area contributed by atoms with Crippen LogP contribution >= 0.6 is 11.3 Å². The van der Waals surface area contributed by atoms with Gasteiger partial charge in [0.1, 0.15) is 5.82 Å². The Bertz CT molecular complexity index is 864. The van der Waals surface area contributed by atoms with Gasteiger partial charge >= 0.3 is 12.1 Å². The van der Waals surface area contributed by atoms with Crippen molar-refractivity contribution in [2.75, 3.05) is 6.54 Å². The van der Waals surface area contributed by atoms with Crippen molar-refractivity contribution in [3.8, 4) is 0 Å². The van der Waals surface area contributed by atoms with Crippen LogP contribution in [0.15, 0.2) is 11.6 Å². The predicted octanol–water partition coefficient (Wildman–Crippen LogP) is 3.93. The molecule has 1 unspecified atom stereocenters. The largest absolute Gasteiger partial charge is 0.490 e. The van der Waals surface area contributed by atoms with Gasteiger partial charge in [-0.2, -0.15) is 13.2 Å². The van der Waals surface area contributed by atoms with Crippen LogP contribution < -0.4 is 0 Å². The minimum Gasteiger partial charge on any atom is -0.475 e. The van der Waals surface area contributed by atoms with E-state index in [0.29, 0.717) is 19.3 Å². The van der Waals surface area contributed by atoms with Gasteiger partial charge in [-0.3, -0.25) is 4.90 Å². The number of carboxylic acids is 1. The van der Waals surface area contributed by atoms with E-state index in [2.05, 4.69) is 31.7 Å². The zero-order valence-electron chi connectivity index (χ0n) is 16.9. The number of aliphatic carboxylic acids is 1. The summed E-state index contributed by atoms with van der Waals surface area (Å²) in [7, 11) is 0. The maximum Gasteiger partial charge on any atom is 0.490 e. The van der Waals surface area contributed by atoms with Gasteiger partial charge in [0, 0.05) is 24.5 Å². The summed E-state index contributed by atoms with van der Waals surface area (Å²) in [6, 6.07) is 1.20. The van der Waals surface area contributed by atoms with E-state index in [0.717, 1.165) is 29.8 Å². The van der Waals surface area contributed by atoms with Crippen LogP contribution in [0.5, 0.6) is 0 Å². The Hall–Kier alpha value is -1.98. The molecule has 7 nitrogen and oxygen atoms in total. The second kappa shape index (κ2) is 9.44. The van der Waals surface area contributed by atoms with E-state index in [1.54, 1.807) is 11.3 Å². The van der Waals surface area contributed by atoms with Crippen molar-refractivity contribution >= 4 is 17.3 Å². The van der Waals surface area contributed by atoms with Gasteiger partial charge in [0.05, 0.1) is 41.8 Å². The molecule has 4 rings (SSSR count). The van der Waals surface area contributed by atoms with E-state index in [4.69, 9.17) is 14.6 Å². The van der Waals surface area contributed by atoms with Gasteiger partial charge in [0.15, 0.2) is 0 Å². The Labute approximate surface area is 176 Å². The van der Waals surface area contributed by atoms with Crippen molar-refractivity contribution in [2.45, 2.75) is 71.1 Å². The molecule has 2 aromatic heterocycles. The number of rotatable bonds is 5. The van der Waals surface area contributed by atoms with Gasteiger partial charge in [-0.15, -0.1) is 11.3 Å². The average molecular weight is 446 g/mol. The van der Waals surface area contributed by atoms with Crippen molar-refractivity contribution in [3.05, 3.63) is 33.8 Å². The lowest BCUT2D eigenvalue weighted by Gasteiger charge is -2.43. The van der Waals surface area contributed by atoms with Gasteiger partial charge in [0.25, 0.3) is 0 Å². The standard InChI is InChI=1S/C17H24N4OS.C2HF3O2/c1-12-17-18-8-16(10-22-9-14-11-23-13(2)19-14)21(17)7-6-20(12)15-4-3-5-15;3-2(4,5)1(6)7/h8,11-12,15H,3-7,9-10H2,1-2H3;(H,6,7). The van der Waals surface area contributed by atoms with E-state index >= 15 is 0 Å². The van der Waals surface area contributed by atoms with E-state index < -0.39 is 12.1 Å². The molecule has 0 bridgehead atoms. The number of hydrogen-bond acceptors (Lipinski definition) is 6. The number of nitrogens with zero attached hydrogens (tertiary/aromatic N) is 4. The molecule has 30 heavy (non-hydrogen) atoms. The number of thiazole rings is 1. The fraction of sp³-hybridized carbons (Fsp3) is 0.632. The summed E-state index contributed by atoms with van der Waals surface area (Å²) < 4.78 is 39.9. The fourth-order valence-corrected chi connectivity index (χ4v) is 4.24. The highest BCUT2D eigenvalue weighted by atomic mass is 32.1. The number of aryl methyl sites for hydroxylation is 1. The second-order valence-electron chi connectivity index (χ2n) is 7.41. The number of ether oxygens (including phenoxy) is 1. The molecule has 0 aromatic carbocycles. The van der Waals surface area contributed by atoms with Crippen molar-refractivity contribution < 1.29 is 27.8 Å². The Balaban J connectivity index is 0.000000318. The van der Waals surface area contributed by atoms with Crippen LogP contribution in [0.2, 0.25) is 0 Å². The monoisotopic (exact) mass is 446 g/mol. The first-order valence-corrected chi connectivity index (χ1v) is 10.6. The number of halogens is 3. The molecule has 2 aromatic rings. The topological polar surface area (TPSA) is 80.5 Å². The predicted molar refractivity (Wildman–Crippen MR) is 104 cm³/mol. The fourth-order valence-electron chi connectivity index (χ4n) is 3.64. The number of fused-ring (bicyclic) bond motifs is 1. The van der Waals surface area contributed by atoms with Crippen LogP contribution in [0.25, 0.3) is 0 Å². The zero-order chi connectivity index (χ0) is 21.9. The maximum absolute atomic E-state index is 10.6. The molecule has 1 fully saturated rings. The summed E-state index contributed by atoms with van der Waals surface area (Å²) in [6.07, 6.45) is 1.00.